The molecule has 5 aromatic rings. The largest absolute Gasteiger partial charge is 0.497 e. The SMILES string of the molecule is C=C/C=C(\C=C/C)n1c2ccc(OC)cc2c2ccc3sc4ccccc4c3c21. The van der Waals surface area contributed by atoms with Crippen LogP contribution in [-0.2, 0) is 0 Å². The molecule has 2 aromatic heterocycles. The van der Waals surface area contributed by atoms with Crippen molar-refractivity contribution in [2.24, 2.45) is 0 Å². The van der Waals surface area contributed by atoms with Crippen LogP contribution in [0.25, 0.3) is 47.7 Å². The highest BCUT2D eigenvalue weighted by atomic mass is 32.1. The minimum atomic E-state index is 0.868. The Morgan fingerprint density at radius 2 is 1.86 bits per heavy atom. The van der Waals surface area contributed by atoms with E-state index in [1.54, 1.807) is 7.11 Å². The van der Waals surface area contributed by atoms with Gasteiger partial charge in [0.1, 0.15) is 5.75 Å². The molecule has 0 spiro atoms. The molecule has 0 saturated carbocycles. The molecule has 0 fully saturated rings. The van der Waals surface area contributed by atoms with Crippen LogP contribution in [-0.4, -0.2) is 11.7 Å². The number of allylic oxidation sites excluding steroid dienone is 5. The highest BCUT2D eigenvalue weighted by Crippen LogP contribution is 2.43. The first-order valence-electron chi connectivity index (χ1n) is 9.65. The number of hydrogen-bond donors (Lipinski definition) is 0. The molecule has 0 atom stereocenters. The quantitative estimate of drug-likeness (QED) is 0.283. The molecule has 0 saturated heterocycles. The third-order valence-corrected chi connectivity index (χ3v) is 6.49. The first kappa shape index (κ1) is 17.8. The monoisotopic (exact) mass is 395 g/mol. The highest BCUT2D eigenvalue weighted by Gasteiger charge is 2.18. The molecule has 142 valence electrons. The van der Waals surface area contributed by atoms with Crippen LogP contribution >= 0.6 is 11.3 Å². The van der Waals surface area contributed by atoms with E-state index in [1.807, 2.05) is 30.4 Å². The molecule has 0 amide bonds. The minimum Gasteiger partial charge on any atom is -0.497 e. The third-order valence-electron chi connectivity index (χ3n) is 5.36. The van der Waals surface area contributed by atoms with Crippen LogP contribution in [0, 0.1) is 0 Å². The van der Waals surface area contributed by atoms with E-state index in [0.717, 1.165) is 17.0 Å². The number of benzene rings is 3. The normalized spacial score (nSPS) is 12.7. The van der Waals surface area contributed by atoms with Crippen LogP contribution < -0.4 is 4.74 Å². The Balaban J connectivity index is 2.08. The highest BCUT2D eigenvalue weighted by molar-refractivity contribution is 7.26. The maximum atomic E-state index is 5.53. The van der Waals surface area contributed by atoms with Crippen molar-refractivity contribution >= 4 is 59.0 Å². The van der Waals surface area contributed by atoms with Crippen molar-refractivity contribution in [3.05, 3.63) is 85.5 Å². The van der Waals surface area contributed by atoms with Gasteiger partial charge >= 0.3 is 0 Å². The van der Waals surface area contributed by atoms with Crippen LogP contribution in [0.1, 0.15) is 6.92 Å². The summed E-state index contributed by atoms with van der Waals surface area (Å²) in [6.45, 7) is 5.99. The van der Waals surface area contributed by atoms with Gasteiger partial charge in [-0.25, -0.2) is 0 Å². The van der Waals surface area contributed by atoms with Crippen LogP contribution in [0.4, 0.5) is 0 Å². The van der Waals surface area contributed by atoms with Crippen molar-refractivity contribution in [1.82, 2.24) is 4.57 Å². The van der Waals surface area contributed by atoms with Crippen molar-refractivity contribution in [3.63, 3.8) is 0 Å². The Bertz CT molecular complexity index is 1460. The Kier molecular flexibility index (Phi) is 4.26. The number of nitrogens with zero attached hydrogens (tertiary/aromatic N) is 1. The molecule has 3 aromatic carbocycles. The lowest BCUT2D eigenvalue weighted by Gasteiger charge is -2.10. The number of hydrogen-bond acceptors (Lipinski definition) is 2. The molecular weight excluding hydrogens is 374 g/mol. The summed E-state index contributed by atoms with van der Waals surface area (Å²) in [6.07, 6.45) is 8.12. The second kappa shape index (κ2) is 6.94. The molecule has 0 N–H and O–H groups in total. The number of thiophene rings is 1. The minimum absolute atomic E-state index is 0.868. The van der Waals surface area contributed by atoms with Crippen molar-refractivity contribution < 1.29 is 4.74 Å². The number of rotatable bonds is 4. The van der Waals surface area contributed by atoms with Crippen molar-refractivity contribution in [1.29, 1.82) is 0 Å². The smallest absolute Gasteiger partial charge is 0.119 e. The van der Waals surface area contributed by atoms with E-state index < -0.39 is 0 Å². The lowest BCUT2D eigenvalue weighted by molar-refractivity contribution is 0.415. The number of aromatic nitrogens is 1. The van der Waals surface area contributed by atoms with E-state index in [0.29, 0.717) is 0 Å². The van der Waals surface area contributed by atoms with E-state index in [-0.39, 0.29) is 0 Å². The molecule has 0 unspecified atom stereocenters. The van der Waals surface area contributed by atoms with Gasteiger partial charge in [0.05, 0.1) is 18.1 Å². The maximum absolute atomic E-state index is 5.53. The van der Waals surface area contributed by atoms with Crippen LogP contribution in [0.3, 0.4) is 0 Å². The van der Waals surface area contributed by atoms with Gasteiger partial charge < -0.3 is 9.30 Å². The fourth-order valence-corrected chi connectivity index (χ4v) is 5.29. The molecule has 0 radical (unpaired) electrons. The summed E-state index contributed by atoms with van der Waals surface area (Å²) in [6, 6.07) is 19.5. The van der Waals surface area contributed by atoms with E-state index in [2.05, 4.69) is 77.9 Å². The lowest BCUT2D eigenvalue weighted by atomic mass is 10.1. The van der Waals surface area contributed by atoms with E-state index in [4.69, 9.17) is 4.74 Å². The summed E-state index contributed by atoms with van der Waals surface area (Å²) in [5.74, 6) is 0.868. The molecule has 3 heteroatoms. The van der Waals surface area contributed by atoms with Gasteiger partial charge in [0.2, 0.25) is 0 Å². The van der Waals surface area contributed by atoms with Crippen LogP contribution in [0.2, 0.25) is 0 Å². The molecule has 0 bridgehead atoms. The maximum Gasteiger partial charge on any atom is 0.119 e. The predicted octanol–water partition coefficient (Wildman–Crippen LogP) is 7.77. The molecule has 0 aliphatic rings. The second-order valence-electron chi connectivity index (χ2n) is 6.98. The summed E-state index contributed by atoms with van der Waals surface area (Å²) < 4.78 is 10.5. The van der Waals surface area contributed by atoms with Gasteiger partial charge in [-0.15, -0.1) is 11.3 Å². The number of methoxy groups -OCH3 is 1. The van der Waals surface area contributed by atoms with Gasteiger partial charge in [0.15, 0.2) is 0 Å². The number of fused-ring (bicyclic) bond motifs is 7. The summed E-state index contributed by atoms with van der Waals surface area (Å²) in [5.41, 5.74) is 3.49. The first-order valence-corrected chi connectivity index (χ1v) is 10.5. The van der Waals surface area contributed by atoms with E-state index in [9.17, 15) is 0 Å². The van der Waals surface area contributed by atoms with Gasteiger partial charge in [0, 0.05) is 36.6 Å². The van der Waals surface area contributed by atoms with Crippen LogP contribution in [0.5, 0.6) is 5.75 Å². The molecule has 2 nitrogen and oxygen atoms in total. The topological polar surface area (TPSA) is 14.2 Å². The van der Waals surface area contributed by atoms with Gasteiger partial charge in [-0.05, 0) is 49.4 Å². The van der Waals surface area contributed by atoms with Crippen molar-refractivity contribution in [2.45, 2.75) is 6.92 Å². The fourth-order valence-electron chi connectivity index (χ4n) is 4.19. The van der Waals surface area contributed by atoms with Crippen LogP contribution in [0.15, 0.2) is 85.5 Å². The zero-order valence-corrected chi connectivity index (χ0v) is 17.3. The predicted molar refractivity (Wildman–Crippen MR) is 128 cm³/mol. The average molecular weight is 396 g/mol. The molecule has 5 rings (SSSR count). The van der Waals surface area contributed by atoms with Gasteiger partial charge in [0.25, 0.3) is 0 Å². The fraction of sp³-hybridized carbons (Fsp3) is 0.0769. The molecule has 0 aliphatic carbocycles. The first-order chi connectivity index (χ1) is 14.3. The van der Waals surface area contributed by atoms with Gasteiger partial charge in [-0.3, -0.25) is 0 Å². The zero-order chi connectivity index (χ0) is 20.0. The van der Waals surface area contributed by atoms with E-state index >= 15 is 0 Å². The average Bonchev–Trinajstić information content (AvgIpc) is 3.28. The summed E-state index contributed by atoms with van der Waals surface area (Å²) in [7, 11) is 1.72. The third kappa shape index (κ3) is 2.62. The Morgan fingerprint density at radius 1 is 1.00 bits per heavy atom. The zero-order valence-electron chi connectivity index (χ0n) is 16.5. The molecule has 29 heavy (non-hydrogen) atoms. The standard InChI is InChI=1S/C26H21NOS/c1-4-8-17(9-5-2)27-22-14-12-18(28-3)16-21(22)19-13-15-24-25(26(19)27)20-10-6-7-11-23(20)29-24/h4-16H,1H2,2-3H3/b9-5-,17-8+. The Labute approximate surface area is 173 Å². The lowest BCUT2D eigenvalue weighted by Crippen LogP contribution is -1.95. The van der Waals surface area contributed by atoms with Crippen molar-refractivity contribution in [3.8, 4) is 5.75 Å². The molecule has 2 heterocycles. The summed E-state index contributed by atoms with van der Waals surface area (Å²) in [4.78, 5) is 0. The molecular formula is C26H21NOS. The molecule has 0 aliphatic heterocycles. The van der Waals surface area contributed by atoms with E-state index in [1.165, 1.54) is 36.5 Å². The number of ether oxygens (including phenoxy) is 1. The van der Waals surface area contributed by atoms with Crippen molar-refractivity contribution in [2.75, 3.05) is 7.11 Å². The second-order valence-corrected chi connectivity index (χ2v) is 8.06. The Hall–Kier alpha value is -3.30. The Morgan fingerprint density at radius 3 is 2.66 bits per heavy atom. The van der Waals surface area contributed by atoms with Gasteiger partial charge in [-0.2, -0.15) is 0 Å². The van der Waals surface area contributed by atoms with Gasteiger partial charge in [-0.1, -0.05) is 43.0 Å². The summed E-state index contributed by atoms with van der Waals surface area (Å²) in [5, 5.41) is 5.02. The summed E-state index contributed by atoms with van der Waals surface area (Å²) >= 11 is 1.85.